The highest BCUT2D eigenvalue weighted by atomic mass is 16.6. The lowest BCUT2D eigenvalue weighted by atomic mass is 10.4. The van der Waals surface area contributed by atoms with Gasteiger partial charge in [-0.15, -0.1) is 0 Å². The largest absolute Gasteiger partial charge is 0.368 e. The van der Waals surface area contributed by atoms with E-state index in [2.05, 4.69) is 17.2 Å². The second-order valence-electron chi connectivity index (χ2n) is 2.59. The first-order valence-electron chi connectivity index (χ1n) is 4.01. The number of hydroxylamine groups is 1. The Balaban J connectivity index is 2.24. The molecule has 0 aliphatic carbocycles. The van der Waals surface area contributed by atoms with Crippen LogP contribution in [0.25, 0.3) is 6.20 Å². The number of amides is 1. The van der Waals surface area contributed by atoms with E-state index >= 15 is 0 Å². The third kappa shape index (κ3) is 3.38. The summed E-state index contributed by atoms with van der Waals surface area (Å²) in [4.78, 5) is 15.0. The van der Waals surface area contributed by atoms with Crippen LogP contribution in [0.2, 0.25) is 0 Å². The molecule has 1 aromatic rings. The molecule has 0 spiro atoms. The van der Waals surface area contributed by atoms with E-state index in [0.29, 0.717) is 6.54 Å². The molecule has 6 nitrogen and oxygen atoms in total. The highest BCUT2D eigenvalue weighted by Gasteiger charge is 1.97. The van der Waals surface area contributed by atoms with Crippen molar-refractivity contribution in [3.8, 4) is 0 Å². The van der Waals surface area contributed by atoms with E-state index in [0.717, 1.165) is 5.56 Å². The van der Waals surface area contributed by atoms with Crippen molar-refractivity contribution >= 4 is 12.1 Å². The molecule has 0 atom stereocenters. The zero-order valence-corrected chi connectivity index (χ0v) is 7.64. The van der Waals surface area contributed by atoms with Gasteiger partial charge in [-0.1, -0.05) is 6.58 Å². The maximum Gasteiger partial charge on any atom is 0.245 e. The molecule has 1 amide bonds. The molecule has 0 fully saturated rings. The van der Waals surface area contributed by atoms with Crippen LogP contribution in [0.3, 0.4) is 0 Å². The van der Waals surface area contributed by atoms with Gasteiger partial charge in [-0.05, 0) is 0 Å². The van der Waals surface area contributed by atoms with Crippen molar-refractivity contribution in [3.05, 3.63) is 24.5 Å². The van der Waals surface area contributed by atoms with Gasteiger partial charge in [0.05, 0.1) is 6.20 Å². The molecule has 0 saturated carbocycles. The molecule has 0 bridgehead atoms. The molecular weight excluding hydrogens is 184 g/mol. The maximum atomic E-state index is 10.3. The van der Waals surface area contributed by atoms with Gasteiger partial charge in [-0.25, -0.2) is 4.68 Å². The lowest BCUT2D eigenvalue weighted by molar-refractivity contribution is -0.125. The van der Waals surface area contributed by atoms with Gasteiger partial charge in [0.15, 0.2) is 0 Å². The Morgan fingerprint density at radius 1 is 1.86 bits per heavy atom. The Morgan fingerprint density at radius 2 is 2.64 bits per heavy atom. The first kappa shape index (κ1) is 10.4. The normalized spacial score (nSPS) is 10.0. The molecule has 1 rings (SSSR count). The van der Waals surface area contributed by atoms with Crippen LogP contribution in [0.1, 0.15) is 5.56 Å². The fraction of sp³-hybridized carbons (Fsp3) is 0.250. The van der Waals surface area contributed by atoms with Crippen LogP contribution in [-0.2, 0) is 16.2 Å². The van der Waals surface area contributed by atoms with E-state index in [9.17, 15) is 4.79 Å². The predicted octanol–water partition coefficient (Wildman–Crippen LogP) is -0.510. The number of hydrogen-bond donors (Lipinski definition) is 2. The number of carbonyl (C=O) groups is 1. The highest BCUT2D eigenvalue weighted by Crippen LogP contribution is 1.96. The van der Waals surface area contributed by atoms with Crippen LogP contribution >= 0.6 is 0 Å². The lowest BCUT2D eigenvalue weighted by Gasteiger charge is -2.00. The molecule has 0 aliphatic rings. The summed E-state index contributed by atoms with van der Waals surface area (Å²) in [6.07, 6.45) is 5.03. The summed E-state index contributed by atoms with van der Waals surface area (Å²) >= 11 is 0. The van der Waals surface area contributed by atoms with Gasteiger partial charge in [-0.3, -0.25) is 9.63 Å². The third-order valence-corrected chi connectivity index (χ3v) is 1.43. The van der Waals surface area contributed by atoms with Gasteiger partial charge >= 0.3 is 0 Å². The SMILES string of the molecule is C=Cn1cc(CNOCC(N)=O)cn1. The molecule has 0 saturated heterocycles. The summed E-state index contributed by atoms with van der Waals surface area (Å²) in [5.41, 5.74) is 8.37. The molecule has 76 valence electrons. The molecule has 1 aromatic heterocycles. The Hall–Kier alpha value is -1.66. The standard InChI is InChI=1S/C8H12N4O2/c1-2-12-5-7(3-10-12)4-11-14-6-8(9)13/h2-3,5,11H,1,4,6H2,(H2,9,13). The van der Waals surface area contributed by atoms with Crippen molar-refractivity contribution in [1.82, 2.24) is 15.3 Å². The van der Waals surface area contributed by atoms with Crippen molar-refractivity contribution in [3.63, 3.8) is 0 Å². The smallest absolute Gasteiger partial charge is 0.245 e. The highest BCUT2D eigenvalue weighted by molar-refractivity contribution is 5.74. The molecule has 0 aliphatic heterocycles. The number of primary amides is 1. The zero-order valence-electron chi connectivity index (χ0n) is 7.64. The van der Waals surface area contributed by atoms with E-state index in [1.807, 2.05) is 0 Å². The topological polar surface area (TPSA) is 82.2 Å². The Labute approximate surface area is 81.3 Å². The van der Waals surface area contributed by atoms with Crippen LogP contribution in [0.15, 0.2) is 19.0 Å². The molecule has 6 heteroatoms. The number of rotatable bonds is 6. The number of hydrogen-bond acceptors (Lipinski definition) is 4. The van der Waals surface area contributed by atoms with Gasteiger partial charge in [0, 0.05) is 24.5 Å². The van der Waals surface area contributed by atoms with E-state index in [4.69, 9.17) is 10.6 Å². The molecular formula is C8H12N4O2. The van der Waals surface area contributed by atoms with Crippen molar-refractivity contribution < 1.29 is 9.63 Å². The molecule has 3 N–H and O–H groups in total. The molecule has 0 unspecified atom stereocenters. The number of nitrogens with two attached hydrogens (primary N) is 1. The minimum absolute atomic E-state index is 0.143. The van der Waals surface area contributed by atoms with Gasteiger partial charge < -0.3 is 5.73 Å². The van der Waals surface area contributed by atoms with Crippen molar-refractivity contribution in [1.29, 1.82) is 0 Å². The molecule has 0 aromatic carbocycles. The Morgan fingerprint density at radius 3 is 3.21 bits per heavy atom. The van der Waals surface area contributed by atoms with Crippen LogP contribution in [0.5, 0.6) is 0 Å². The van der Waals surface area contributed by atoms with Crippen molar-refractivity contribution in [2.24, 2.45) is 5.73 Å². The minimum Gasteiger partial charge on any atom is -0.368 e. The Bertz CT molecular complexity index is 321. The summed E-state index contributed by atoms with van der Waals surface area (Å²) in [6.45, 7) is 3.87. The quantitative estimate of drug-likeness (QED) is 0.474. The summed E-state index contributed by atoms with van der Waals surface area (Å²) in [5.74, 6) is -0.515. The monoisotopic (exact) mass is 196 g/mol. The minimum atomic E-state index is -0.515. The summed E-state index contributed by atoms with van der Waals surface area (Å²) in [5, 5.41) is 3.96. The number of nitrogens with one attached hydrogen (secondary N) is 1. The average Bonchev–Trinajstić information content (AvgIpc) is 2.60. The van der Waals surface area contributed by atoms with E-state index < -0.39 is 5.91 Å². The Kier molecular flexibility index (Phi) is 3.84. The predicted molar refractivity (Wildman–Crippen MR) is 50.6 cm³/mol. The number of nitrogens with zero attached hydrogens (tertiary/aromatic N) is 2. The third-order valence-electron chi connectivity index (χ3n) is 1.43. The van der Waals surface area contributed by atoms with E-state index in [-0.39, 0.29) is 6.61 Å². The van der Waals surface area contributed by atoms with E-state index in [1.54, 1.807) is 23.3 Å². The van der Waals surface area contributed by atoms with Crippen molar-refractivity contribution in [2.75, 3.05) is 6.61 Å². The fourth-order valence-corrected chi connectivity index (χ4v) is 0.825. The summed E-state index contributed by atoms with van der Waals surface area (Å²) in [7, 11) is 0. The van der Waals surface area contributed by atoms with E-state index in [1.165, 1.54) is 0 Å². The van der Waals surface area contributed by atoms with Gasteiger partial charge in [0.1, 0.15) is 6.61 Å². The summed E-state index contributed by atoms with van der Waals surface area (Å²) in [6, 6.07) is 0. The first-order chi connectivity index (χ1) is 6.72. The van der Waals surface area contributed by atoms with Gasteiger partial charge in [0.2, 0.25) is 5.91 Å². The molecule has 1 heterocycles. The van der Waals surface area contributed by atoms with Crippen LogP contribution < -0.4 is 11.2 Å². The summed E-state index contributed by atoms with van der Waals surface area (Å²) < 4.78 is 1.57. The average molecular weight is 196 g/mol. The number of carbonyl (C=O) groups excluding carboxylic acids is 1. The number of aromatic nitrogens is 2. The maximum absolute atomic E-state index is 10.3. The first-order valence-corrected chi connectivity index (χ1v) is 4.01. The van der Waals surface area contributed by atoms with Gasteiger partial charge in [0.25, 0.3) is 0 Å². The van der Waals surface area contributed by atoms with Crippen LogP contribution in [-0.4, -0.2) is 22.3 Å². The van der Waals surface area contributed by atoms with Crippen LogP contribution in [0.4, 0.5) is 0 Å². The fourth-order valence-electron chi connectivity index (χ4n) is 0.825. The van der Waals surface area contributed by atoms with Gasteiger partial charge in [-0.2, -0.15) is 10.6 Å². The second kappa shape index (κ2) is 5.15. The van der Waals surface area contributed by atoms with Crippen LogP contribution in [0, 0.1) is 0 Å². The molecule has 14 heavy (non-hydrogen) atoms. The van der Waals surface area contributed by atoms with Crippen molar-refractivity contribution in [2.45, 2.75) is 6.54 Å². The lowest BCUT2D eigenvalue weighted by Crippen LogP contribution is -2.24. The zero-order chi connectivity index (χ0) is 10.4. The second-order valence-corrected chi connectivity index (χ2v) is 2.59. The molecule has 0 radical (unpaired) electrons.